The zero-order chi connectivity index (χ0) is 12.1. The Morgan fingerprint density at radius 2 is 2.19 bits per heavy atom. The molecule has 2 amide bonds. The molecule has 0 fully saturated rings. The van der Waals surface area contributed by atoms with Gasteiger partial charge in [-0.1, -0.05) is 5.16 Å². The molecule has 0 atom stereocenters. The fraction of sp³-hybridized carbons (Fsp3) is 0.143. The van der Waals surface area contributed by atoms with Gasteiger partial charge in [0.05, 0.1) is 0 Å². The molecule has 0 aliphatic heterocycles. The predicted octanol–water partition coefficient (Wildman–Crippen LogP) is -1.58. The van der Waals surface area contributed by atoms with Gasteiger partial charge in [0.1, 0.15) is 5.69 Å². The van der Waals surface area contributed by atoms with E-state index in [9.17, 15) is 9.59 Å². The first kappa shape index (κ1) is 11.9. The summed E-state index contributed by atoms with van der Waals surface area (Å²) in [6, 6.07) is 0. The maximum Gasteiger partial charge on any atom is 0.273 e. The number of carbonyl (C=O) groups excluding carboxylic acids is 2. The lowest BCUT2D eigenvalue weighted by atomic mass is 10.3. The number of nitrogen functional groups attached to an aromatic ring is 1. The van der Waals surface area contributed by atoms with Crippen molar-refractivity contribution >= 4 is 34.0 Å². The molecule has 0 saturated carbocycles. The molecule has 0 spiro atoms. The molecule has 0 unspecified atom stereocenters. The fourth-order valence-corrected chi connectivity index (χ4v) is 1.32. The minimum atomic E-state index is -0.838. The van der Waals surface area contributed by atoms with E-state index in [4.69, 9.17) is 17.2 Å². The third-order valence-electron chi connectivity index (χ3n) is 1.36. The lowest BCUT2D eigenvalue weighted by molar-refractivity contribution is -0.122. The van der Waals surface area contributed by atoms with Gasteiger partial charge in [-0.05, 0) is 0 Å². The average Bonchev–Trinajstić information content (AvgIpc) is 2.58. The largest absolute Gasteiger partial charge is 0.385 e. The van der Waals surface area contributed by atoms with Crippen LogP contribution in [0.15, 0.2) is 10.5 Å². The van der Waals surface area contributed by atoms with E-state index >= 15 is 0 Å². The Bertz CT molecular complexity index is 441. The summed E-state index contributed by atoms with van der Waals surface area (Å²) in [5.41, 5.74) is 15.2. The molecular weight excluding hydrogens is 234 g/mol. The van der Waals surface area contributed by atoms with Crippen molar-refractivity contribution in [2.45, 2.75) is 0 Å². The van der Waals surface area contributed by atoms with Crippen molar-refractivity contribution < 1.29 is 14.4 Å². The van der Waals surface area contributed by atoms with Crippen LogP contribution < -0.4 is 17.2 Å². The topological polar surface area (TPSA) is 147 Å². The third kappa shape index (κ3) is 3.20. The quantitative estimate of drug-likeness (QED) is 0.421. The van der Waals surface area contributed by atoms with Crippen LogP contribution in [0.25, 0.3) is 0 Å². The number of thiazole rings is 1. The van der Waals surface area contributed by atoms with Crippen molar-refractivity contribution in [2.75, 3.05) is 12.3 Å². The number of nitrogens with zero attached hydrogens (tertiary/aromatic N) is 2. The molecule has 6 N–H and O–H groups in total. The number of aromatic nitrogens is 1. The molecule has 9 heteroatoms. The predicted molar refractivity (Wildman–Crippen MR) is 57.4 cm³/mol. The molecule has 8 nitrogen and oxygen atoms in total. The van der Waals surface area contributed by atoms with Crippen molar-refractivity contribution in [3.8, 4) is 0 Å². The van der Waals surface area contributed by atoms with E-state index in [1.807, 2.05) is 0 Å². The maximum absolute atomic E-state index is 11.0. The van der Waals surface area contributed by atoms with Gasteiger partial charge in [-0.3, -0.25) is 9.59 Å². The zero-order valence-corrected chi connectivity index (χ0v) is 8.86. The van der Waals surface area contributed by atoms with Crippen LogP contribution in [-0.4, -0.2) is 29.1 Å². The SMILES string of the molecule is NC(=O)CO/N=C(/C(N)=O)c1csc(N)n1. The first-order valence-corrected chi connectivity index (χ1v) is 4.88. The van der Waals surface area contributed by atoms with Gasteiger partial charge < -0.3 is 22.0 Å². The fourth-order valence-electron chi connectivity index (χ4n) is 0.775. The van der Waals surface area contributed by atoms with E-state index in [1.165, 1.54) is 5.38 Å². The van der Waals surface area contributed by atoms with Gasteiger partial charge >= 0.3 is 0 Å². The molecule has 0 aliphatic rings. The number of oxime groups is 1. The van der Waals surface area contributed by atoms with Crippen LogP contribution >= 0.6 is 11.3 Å². The second-order valence-electron chi connectivity index (χ2n) is 2.61. The molecule has 0 aliphatic carbocycles. The highest BCUT2D eigenvalue weighted by Crippen LogP contribution is 2.11. The monoisotopic (exact) mass is 243 g/mol. The summed E-state index contributed by atoms with van der Waals surface area (Å²) in [4.78, 5) is 29.7. The second kappa shape index (κ2) is 5.07. The van der Waals surface area contributed by atoms with Gasteiger partial charge in [0.25, 0.3) is 11.8 Å². The summed E-state index contributed by atoms with van der Waals surface area (Å²) in [7, 11) is 0. The van der Waals surface area contributed by atoms with Crippen molar-refractivity contribution in [1.82, 2.24) is 4.98 Å². The minimum Gasteiger partial charge on any atom is -0.385 e. The van der Waals surface area contributed by atoms with Crippen LogP contribution in [0.4, 0.5) is 5.13 Å². The maximum atomic E-state index is 11.0. The van der Waals surface area contributed by atoms with E-state index in [1.54, 1.807) is 0 Å². The average molecular weight is 243 g/mol. The highest BCUT2D eigenvalue weighted by molar-refractivity contribution is 7.13. The standard InChI is InChI=1S/C7H9N5O3S/c8-4(13)1-15-12-5(6(9)14)3-2-16-7(10)11-3/h2H,1H2,(H2,8,13)(H2,9,14)(H2,10,11)/b12-5+. The van der Waals surface area contributed by atoms with Gasteiger partial charge in [-0.2, -0.15) is 0 Å². The molecule has 0 saturated heterocycles. The summed E-state index contributed by atoms with van der Waals surface area (Å²) in [5.74, 6) is -1.56. The zero-order valence-electron chi connectivity index (χ0n) is 8.04. The van der Waals surface area contributed by atoms with Crippen LogP contribution in [0.3, 0.4) is 0 Å². The lowest BCUT2D eigenvalue weighted by Crippen LogP contribution is -2.26. The number of anilines is 1. The van der Waals surface area contributed by atoms with Crippen LogP contribution in [-0.2, 0) is 14.4 Å². The number of carbonyl (C=O) groups is 2. The van der Waals surface area contributed by atoms with E-state index < -0.39 is 18.4 Å². The Labute approximate surface area is 94.1 Å². The first-order valence-electron chi connectivity index (χ1n) is 4.00. The molecule has 16 heavy (non-hydrogen) atoms. The molecule has 86 valence electrons. The van der Waals surface area contributed by atoms with E-state index in [0.717, 1.165) is 11.3 Å². The van der Waals surface area contributed by atoms with E-state index in [0.29, 0.717) is 0 Å². The number of nitrogens with two attached hydrogens (primary N) is 3. The third-order valence-corrected chi connectivity index (χ3v) is 2.03. The Morgan fingerprint density at radius 3 is 2.62 bits per heavy atom. The number of amides is 2. The first-order chi connectivity index (χ1) is 7.50. The smallest absolute Gasteiger partial charge is 0.273 e. The molecular formula is C7H9N5O3S. The molecule has 1 aromatic heterocycles. The van der Waals surface area contributed by atoms with Crippen LogP contribution in [0.2, 0.25) is 0 Å². The molecule has 1 heterocycles. The van der Waals surface area contributed by atoms with Crippen molar-refractivity contribution in [3.05, 3.63) is 11.1 Å². The lowest BCUT2D eigenvalue weighted by Gasteiger charge is -1.98. The Hall–Kier alpha value is -2.16. The number of primary amides is 2. The van der Waals surface area contributed by atoms with Crippen LogP contribution in [0.1, 0.15) is 5.69 Å². The second-order valence-corrected chi connectivity index (χ2v) is 3.50. The minimum absolute atomic E-state index is 0.194. The molecule has 0 radical (unpaired) electrons. The number of hydrogen-bond acceptors (Lipinski definition) is 7. The summed E-state index contributed by atoms with van der Waals surface area (Å²) >= 11 is 1.12. The Morgan fingerprint density at radius 1 is 1.50 bits per heavy atom. The summed E-state index contributed by atoms with van der Waals surface area (Å²) in [5, 5.41) is 5.13. The van der Waals surface area contributed by atoms with Gasteiger partial charge in [-0.25, -0.2) is 4.98 Å². The Kier molecular flexibility index (Phi) is 3.78. The van der Waals surface area contributed by atoms with Crippen molar-refractivity contribution in [2.24, 2.45) is 16.6 Å². The van der Waals surface area contributed by atoms with Crippen molar-refractivity contribution in [3.63, 3.8) is 0 Å². The molecule has 1 aromatic rings. The molecule has 0 bridgehead atoms. The van der Waals surface area contributed by atoms with Crippen molar-refractivity contribution in [1.29, 1.82) is 0 Å². The van der Waals surface area contributed by atoms with Crippen LogP contribution in [0, 0.1) is 0 Å². The van der Waals surface area contributed by atoms with E-state index in [-0.39, 0.29) is 16.5 Å². The van der Waals surface area contributed by atoms with Crippen LogP contribution in [0.5, 0.6) is 0 Å². The Balaban J connectivity index is 2.83. The number of rotatable bonds is 5. The van der Waals surface area contributed by atoms with Gasteiger partial charge in [0.2, 0.25) is 0 Å². The molecule has 0 aromatic carbocycles. The van der Waals surface area contributed by atoms with Gasteiger partial charge in [0, 0.05) is 5.38 Å². The van der Waals surface area contributed by atoms with Gasteiger partial charge in [-0.15, -0.1) is 11.3 Å². The normalized spacial score (nSPS) is 11.1. The van der Waals surface area contributed by atoms with Gasteiger partial charge in [0.15, 0.2) is 17.5 Å². The highest BCUT2D eigenvalue weighted by Gasteiger charge is 2.15. The summed E-state index contributed by atoms with van der Waals surface area (Å²) in [6.45, 7) is -0.448. The summed E-state index contributed by atoms with van der Waals surface area (Å²) in [6.07, 6.45) is 0. The molecule has 1 rings (SSSR count). The highest BCUT2D eigenvalue weighted by atomic mass is 32.1. The number of hydrogen-bond donors (Lipinski definition) is 3. The van der Waals surface area contributed by atoms with E-state index in [2.05, 4.69) is 15.0 Å². The summed E-state index contributed by atoms with van der Waals surface area (Å²) < 4.78 is 0.